The number of rotatable bonds is 6. The Morgan fingerprint density at radius 1 is 0.941 bits per heavy atom. The van der Waals surface area contributed by atoms with Crippen LogP contribution in [0.2, 0.25) is 0 Å². The van der Waals surface area contributed by atoms with Crippen LogP contribution in [0.4, 0.5) is 5.69 Å². The second kappa shape index (κ2) is 9.32. The Morgan fingerprint density at radius 2 is 1.68 bits per heavy atom. The number of amides is 1. The molecule has 1 amide bonds. The summed E-state index contributed by atoms with van der Waals surface area (Å²) in [6.45, 7) is 0. The first-order chi connectivity index (χ1) is 16.6. The summed E-state index contributed by atoms with van der Waals surface area (Å²) < 4.78 is 6.67. The fourth-order valence-electron chi connectivity index (χ4n) is 3.57. The van der Waals surface area contributed by atoms with Crippen LogP contribution in [0.25, 0.3) is 28.1 Å². The van der Waals surface area contributed by atoms with Gasteiger partial charge >= 0.3 is 5.97 Å². The molecule has 1 N–H and O–H groups in total. The van der Waals surface area contributed by atoms with Crippen LogP contribution in [0.15, 0.2) is 83.9 Å². The number of ether oxygens (including phenoxy) is 1. The number of aromatic nitrogens is 4. The highest BCUT2D eigenvalue weighted by molar-refractivity contribution is 8.00. The highest BCUT2D eigenvalue weighted by atomic mass is 32.2. The molecule has 0 spiro atoms. The van der Waals surface area contributed by atoms with Gasteiger partial charge in [-0.3, -0.25) is 9.20 Å². The first kappa shape index (κ1) is 21.6. The summed E-state index contributed by atoms with van der Waals surface area (Å²) in [5, 5.41) is 12.3. The SMILES string of the molecule is COC(=O)c1ccc(NC(=O)CSc2nc3ccccc3n3c(-c4ccccc4)nnc23)cc1. The molecule has 8 nitrogen and oxygen atoms in total. The van der Waals surface area contributed by atoms with Crippen LogP contribution < -0.4 is 5.32 Å². The number of carbonyl (C=O) groups is 2. The number of thioether (sulfide) groups is 1. The molecule has 0 aliphatic heterocycles. The number of anilines is 1. The van der Waals surface area contributed by atoms with E-state index in [-0.39, 0.29) is 11.7 Å². The molecular formula is C25H19N5O3S. The zero-order valence-electron chi connectivity index (χ0n) is 18.1. The van der Waals surface area contributed by atoms with E-state index in [1.54, 1.807) is 24.3 Å². The summed E-state index contributed by atoms with van der Waals surface area (Å²) >= 11 is 1.29. The molecule has 5 rings (SSSR count). The number of benzene rings is 3. The minimum absolute atomic E-state index is 0.132. The largest absolute Gasteiger partial charge is 0.465 e. The third-order valence-corrected chi connectivity index (χ3v) is 6.11. The fraction of sp³-hybridized carbons (Fsp3) is 0.0800. The predicted octanol–water partition coefficient (Wildman–Crippen LogP) is 4.46. The van der Waals surface area contributed by atoms with Gasteiger partial charge in [-0.15, -0.1) is 10.2 Å². The number of hydrogen-bond acceptors (Lipinski definition) is 7. The van der Waals surface area contributed by atoms with Gasteiger partial charge in [0.25, 0.3) is 0 Å². The van der Waals surface area contributed by atoms with Crippen molar-refractivity contribution in [2.45, 2.75) is 5.03 Å². The summed E-state index contributed by atoms with van der Waals surface area (Å²) in [4.78, 5) is 28.9. The van der Waals surface area contributed by atoms with Crippen molar-refractivity contribution in [3.63, 3.8) is 0 Å². The van der Waals surface area contributed by atoms with Crippen molar-refractivity contribution in [3.05, 3.63) is 84.4 Å². The molecule has 0 saturated heterocycles. The lowest BCUT2D eigenvalue weighted by Gasteiger charge is -2.09. The number of methoxy groups -OCH3 is 1. The predicted molar refractivity (Wildman–Crippen MR) is 131 cm³/mol. The first-order valence-corrected chi connectivity index (χ1v) is 11.4. The van der Waals surface area contributed by atoms with Gasteiger partial charge in [0.15, 0.2) is 11.5 Å². The standard InChI is InChI=1S/C25H19N5O3S/c1-33-25(32)17-11-13-18(14-12-17)26-21(31)15-34-24-23-29-28-22(16-7-3-2-4-8-16)30(23)20-10-6-5-9-19(20)27-24/h2-14H,15H2,1H3,(H,26,31). The quantitative estimate of drug-likeness (QED) is 0.290. The molecule has 0 radical (unpaired) electrons. The molecule has 3 aromatic carbocycles. The molecule has 34 heavy (non-hydrogen) atoms. The number of nitrogens with zero attached hydrogens (tertiary/aromatic N) is 4. The van der Waals surface area contributed by atoms with Crippen LogP contribution >= 0.6 is 11.8 Å². The molecule has 168 valence electrons. The maximum Gasteiger partial charge on any atom is 0.337 e. The Bertz CT molecular complexity index is 1500. The smallest absolute Gasteiger partial charge is 0.337 e. The van der Waals surface area contributed by atoms with E-state index in [9.17, 15) is 9.59 Å². The van der Waals surface area contributed by atoms with Crippen LogP contribution in [0.3, 0.4) is 0 Å². The van der Waals surface area contributed by atoms with E-state index in [4.69, 9.17) is 9.72 Å². The van der Waals surface area contributed by atoms with Crippen molar-refractivity contribution in [2.75, 3.05) is 18.2 Å². The van der Waals surface area contributed by atoms with Crippen LogP contribution in [0.1, 0.15) is 10.4 Å². The number of para-hydroxylation sites is 2. The highest BCUT2D eigenvalue weighted by Crippen LogP contribution is 2.29. The number of nitrogens with one attached hydrogen (secondary N) is 1. The van der Waals surface area contributed by atoms with E-state index in [1.165, 1.54) is 18.9 Å². The van der Waals surface area contributed by atoms with E-state index in [0.29, 0.717) is 27.7 Å². The van der Waals surface area contributed by atoms with Gasteiger partial charge in [-0.2, -0.15) is 0 Å². The molecule has 0 bridgehead atoms. The maximum absolute atomic E-state index is 12.6. The van der Waals surface area contributed by atoms with Gasteiger partial charge in [0.1, 0.15) is 5.03 Å². The lowest BCUT2D eigenvalue weighted by Crippen LogP contribution is -2.14. The Balaban J connectivity index is 1.41. The fourth-order valence-corrected chi connectivity index (χ4v) is 4.33. The maximum atomic E-state index is 12.6. The average Bonchev–Trinajstić information content (AvgIpc) is 3.33. The third kappa shape index (κ3) is 4.20. The van der Waals surface area contributed by atoms with Gasteiger partial charge in [-0.25, -0.2) is 9.78 Å². The Kier molecular flexibility index (Phi) is 5.92. The van der Waals surface area contributed by atoms with Gasteiger partial charge in [0, 0.05) is 11.3 Å². The zero-order chi connectivity index (χ0) is 23.5. The first-order valence-electron chi connectivity index (χ1n) is 10.4. The second-order valence-electron chi connectivity index (χ2n) is 7.36. The Labute approximate surface area is 199 Å². The van der Waals surface area contributed by atoms with Crippen LogP contribution in [0.5, 0.6) is 0 Å². The Hall–Kier alpha value is -4.24. The lowest BCUT2D eigenvalue weighted by molar-refractivity contribution is -0.113. The van der Waals surface area contributed by atoms with Gasteiger partial charge in [0.2, 0.25) is 5.91 Å². The van der Waals surface area contributed by atoms with Gasteiger partial charge in [0.05, 0.1) is 29.5 Å². The topological polar surface area (TPSA) is 98.5 Å². The number of fused-ring (bicyclic) bond motifs is 3. The summed E-state index contributed by atoms with van der Waals surface area (Å²) in [7, 11) is 1.32. The van der Waals surface area contributed by atoms with Crippen molar-refractivity contribution >= 4 is 46.0 Å². The number of hydrogen-bond donors (Lipinski definition) is 1. The van der Waals surface area contributed by atoms with Gasteiger partial charge < -0.3 is 10.1 Å². The Morgan fingerprint density at radius 3 is 2.44 bits per heavy atom. The van der Waals surface area contributed by atoms with E-state index in [0.717, 1.165) is 16.6 Å². The molecule has 0 saturated carbocycles. The minimum Gasteiger partial charge on any atom is -0.465 e. The molecule has 2 heterocycles. The number of esters is 1. The normalized spacial score (nSPS) is 11.0. The van der Waals surface area contributed by atoms with Crippen LogP contribution in [-0.4, -0.2) is 44.3 Å². The summed E-state index contributed by atoms with van der Waals surface area (Å²) in [5.74, 6) is 0.216. The molecule has 0 fully saturated rings. The third-order valence-electron chi connectivity index (χ3n) is 5.16. The minimum atomic E-state index is -0.428. The molecule has 0 aliphatic rings. The van der Waals surface area contributed by atoms with Crippen LogP contribution in [-0.2, 0) is 9.53 Å². The molecule has 9 heteroatoms. The molecule has 2 aromatic heterocycles. The zero-order valence-corrected chi connectivity index (χ0v) is 19.0. The summed E-state index contributed by atoms with van der Waals surface area (Å²) in [6.07, 6.45) is 0. The van der Waals surface area contributed by atoms with Crippen molar-refractivity contribution in [1.82, 2.24) is 19.6 Å². The molecule has 0 atom stereocenters. The van der Waals surface area contributed by atoms with E-state index in [2.05, 4.69) is 15.5 Å². The van der Waals surface area contributed by atoms with Crippen molar-refractivity contribution in [3.8, 4) is 11.4 Å². The second-order valence-corrected chi connectivity index (χ2v) is 8.32. The molecular weight excluding hydrogens is 450 g/mol. The summed E-state index contributed by atoms with van der Waals surface area (Å²) in [6, 6.07) is 24.1. The van der Waals surface area contributed by atoms with E-state index < -0.39 is 5.97 Å². The molecule has 5 aromatic rings. The molecule has 0 aliphatic carbocycles. The van der Waals surface area contributed by atoms with Crippen molar-refractivity contribution in [2.24, 2.45) is 0 Å². The lowest BCUT2D eigenvalue weighted by atomic mass is 10.2. The van der Waals surface area contributed by atoms with Gasteiger partial charge in [-0.1, -0.05) is 54.2 Å². The van der Waals surface area contributed by atoms with Gasteiger partial charge in [-0.05, 0) is 36.4 Å². The number of carbonyl (C=O) groups excluding carboxylic acids is 2. The van der Waals surface area contributed by atoms with Crippen molar-refractivity contribution in [1.29, 1.82) is 0 Å². The van der Waals surface area contributed by atoms with Crippen molar-refractivity contribution < 1.29 is 14.3 Å². The molecule has 0 unspecified atom stereocenters. The van der Waals surface area contributed by atoms with E-state index >= 15 is 0 Å². The van der Waals surface area contributed by atoms with Crippen LogP contribution in [0, 0.1) is 0 Å². The van der Waals surface area contributed by atoms with E-state index in [1.807, 2.05) is 59.0 Å². The summed E-state index contributed by atoms with van der Waals surface area (Å²) in [5.41, 5.74) is 4.21. The highest BCUT2D eigenvalue weighted by Gasteiger charge is 2.17. The monoisotopic (exact) mass is 469 g/mol. The average molecular weight is 470 g/mol.